The van der Waals surface area contributed by atoms with E-state index in [-0.39, 0.29) is 0 Å². The van der Waals surface area contributed by atoms with E-state index in [0.29, 0.717) is 23.6 Å². The van der Waals surface area contributed by atoms with Gasteiger partial charge in [-0.2, -0.15) is 0 Å². The Labute approximate surface area is 118 Å². The molecule has 0 amide bonds. The van der Waals surface area contributed by atoms with Crippen molar-refractivity contribution in [3.63, 3.8) is 0 Å². The molecule has 104 valence electrons. The van der Waals surface area contributed by atoms with Gasteiger partial charge in [-0.3, -0.25) is 4.79 Å². The molecule has 0 atom stereocenters. The molecule has 0 aliphatic carbocycles. The summed E-state index contributed by atoms with van der Waals surface area (Å²) in [5, 5.41) is 3.24. The topological polar surface area (TPSA) is 47.6 Å². The van der Waals surface area contributed by atoms with Crippen LogP contribution in [0.3, 0.4) is 0 Å². The maximum absolute atomic E-state index is 11.2. The van der Waals surface area contributed by atoms with Gasteiger partial charge in [0.1, 0.15) is 0 Å². The molecule has 0 unspecified atom stereocenters. The van der Waals surface area contributed by atoms with Crippen LogP contribution in [0.15, 0.2) is 42.5 Å². The first-order valence-corrected chi connectivity index (χ1v) is 6.27. The Hall–Kier alpha value is -2.49. The highest BCUT2D eigenvalue weighted by Crippen LogP contribution is 2.32. The highest BCUT2D eigenvalue weighted by Gasteiger charge is 2.10. The van der Waals surface area contributed by atoms with Crippen LogP contribution in [0.4, 0.5) is 5.69 Å². The van der Waals surface area contributed by atoms with E-state index in [9.17, 15) is 4.79 Å². The molecule has 0 radical (unpaired) electrons. The fourth-order valence-corrected chi connectivity index (χ4v) is 1.94. The average molecular weight is 271 g/mol. The van der Waals surface area contributed by atoms with Gasteiger partial charge in [-0.25, -0.2) is 0 Å². The van der Waals surface area contributed by atoms with Crippen LogP contribution in [0.2, 0.25) is 0 Å². The minimum atomic E-state index is 0.540. The van der Waals surface area contributed by atoms with Crippen molar-refractivity contribution in [2.75, 3.05) is 19.5 Å². The molecule has 0 aliphatic rings. The molecule has 2 rings (SSSR count). The summed E-state index contributed by atoms with van der Waals surface area (Å²) in [4.78, 5) is 11.2. The number of ether oxygens (including phenoxy) is 2. The lowest BCUT2D eigenvalue weighted by atomic mass is 10.1. The predicted molar refractivity (Wildman–Crippen MR) is 78.7 cm³/mol. The molecule has 0 aliphatic heterocycles. The van der Waals surface area contributed by atoms with Crippen molar-refractivity contribution < 1.29 is 14.3 Å². The van der Waals surface area contributed by atoms with Gasteiger partial charge in [0.05, 0.1) is 14.2 Å². The SMILES string of the molecule is COc1cc(C=O)c(NCc2ccccc2)cc1OC. The third kappa shape index (κ3) is 3.09. The second-order valence-corrected chi connectivity index (χ2v) is 4.25. The largest absolute Gasteiger partial charge is 0.493 e. The average Bonchev–Trinajstić information content (AvgIpc) is 2.52. The molecule has 20 heavy (non-hydrogen) atoms. The quantitative estimate of drug-likeness (QED) is 0.820. The van der Waals surface area contributed by atoms with Crippen LogP contribution in [0.1, 0.15) is 15.9 Å². The molecule has 0 saturated heterocycles. The van der Waals surface area contributed by atoms with E-state index in [0.717, 1.165) is 17.5 Å². The minimum absolute atomic E-state index is 0.540. The van der Waals surface area contributed by atoms with Gasteiger partial charge in [-0.1, -0.05) is 30.3 Å². The fourth-order valence-electron chi connectivity index (χ4n) is 1.94. The number of nitrogens with one attached hydrogen (secondary N) is 1. The Morgan fingerprint density at radius 2 is 1.70 bits per heavy atom. The molecule has 1 N–H and O–H groups in total. The maximum Gasteiger partial charge on any atom is 0.162 e. The molecule has 2 aromatic rings. The summed E-state index contributed by atoms with van der Waals surface area (Å²) >= 11 is 0. The monoisotopic (exact) mass is 271 g/mol. The summed E-state index contributed by atoms with van der Waals surface area (Å²) < 4.78 is 10.4. The molecule has 4 heteroatoms. The lowest BCUT2D eigenvalue weighted by Crippen LogP contribution is -2.03. The smallest absolute Gasteiger partial charge is 0.162 e. The van der Waals surface area contributed by atoms with E-state index in [1.807, 2.05) is 30.3 Å². The number of carbonyl (C=O) groups excluding carboxylic acids is 1. The Morgan fingerprint density at radius 1 is 1.05 bits per heavy atom. The number of anilines is 1. The highest BCUT2D eigenvalue weighted by molar-refractivity contribution is 5.86. The first-order valence-electron chi connectivity index (χ1n) is 6.27. The van der Waals surface area contributed by atoms with Gasteiger partial charge >= 0.3 is 0 Å². The zero-order chi connectivity index (χ0) is 14.4. The van der Waals surface area contributed by atoms with Gasteiger partial charge in [0, 0.05) is 23.9 Å². The van der Waals surface area contributed by atoms with E-state index in [4.69, 9.17) is 9.47 Å². The van der Waals surface area contributed by atoms with Gasteiger partial charge < -0.3 is 14.8 Å². The van der Waals surface area contributed by atoms with Crippen LogP contribution >= 0.6 is 0 Å². The van der Waals surface area contributed by atoms with Crippen LogP contribution < -0.4 is 14.8 Å². The summed E-state index contributed by atoms with van der Waals surface area (Å²) in [5.74, 6) is 1.13. The molecule has 0 spiro atoms. The van der Waals surface area contributed by atoms with E-state index >= 15 is 0 Å². The fraction of sp³-hybridized carbons (Fsp3) is 0.188. The van der Waals surface area contributed by atoms with Crippen molar-refractivity contribution in [1.29, 1.82) is 0 Å². The van der Waals surface area contributed by atoms with Crippen LogP contribution in [-0.2, 0) is 6.54 Å². The number of benzene rings is 2. The van der Waals surface area contributed by atoms with Crippen molar-refractivity contribution in [2.24, 2.45) is 0 Å². The number of rotatable bonds is 6. The van der Waals surface area contributed by atoms with Gasteiger partial charge in [0.2, 0.25) is 0 Å². The van der Waals surface area contributed by atoms with Crippen molar-refractivity contribution in [1.82, 2.24) is 0 Å². The van der Waals surface area contributed by atoms with E-state index in [2.05, 4.69) is 5.32 Å². The third-order valence-corrected chi connectivity index (χ3v) is 3.01. The summed E-state index contributed by atoms with van der Waals surface area (Å²) in [6.07, 6.45) is 0.801. The molecule has 0 bridgehead atoms. The number of aldehydes is 1. The molecule has 2 aromatic carbocycles. The van der Waals surface area contributed by atoms with Gasteiger partial charge in [-0.05, 0) is 11.6 Å². The molecular formula is C16H17NO3. The second kappa shape index (κ2) is 6.61. The number of carbonyl (C=O) groups is 1. The standard InChI is InChI=1S/C16H17NO3/c1-19-15-8-13(11-18)14(9-16(15)20-2)17-10-12-6-4-3-5-7-12/h3-9,11,17H,10H2,1-2H3. The molecule has 0 fully saturated rings. The molecule has 4 nitrogen and oxygen atoms in total. The lowest BCUT2D eigenvalue weighted by Gasteiger charge is -2.13. The van der Waals surface area contributed by atoms with Crippen molar-refractivity contribution >= 4 is 12.0 Å². The zero-order valence-corrected chi connectivity index (χ0v) is 11.6. The normalized spacial score (nSPS) is 9.90. The van der Waals surface area contributed by atoms with Gasteiger partial charge in [-0.15, -0.1) is 0 Å². The third-order valence-electron chi connectivity index (χ3n) is 3.01. The number of hydrogen-bond acceptors (Lipinski definition) is 4. The van der Waals surface area contributed by atoms with E-state index < -0.39 is 0 Å². The minimum Gasteiger partial charge on any atom is -0.493 e. The number of methoxy groups -OCH3 is 2. The first kappa shape index (κ1) is 13.9. The van der Waals surface area contributed by atoms with Crippen LogP contribution in [0.25, 0.3) is 0 Å². The maximum atomic E-state index is 11.2. The Bertz CT molecular complexity index is 582. The van der Waals surface area contributed by atoms with Crippen LogP contribution in [-0.4, -0.2) is 20.5 Å². The van der Waals surface area contributed by atoms with Gasteiger partial charge in [0.15, 0.2) is 17.8 Å². The second-order valence-electron chi connectivity index (χ2n) is 4.25. The lowest BCUT2D eigenvalue weighted by molar-refractivity contribution is 0.112. The summed E-state index contributed by atoms with van der Waals surface area (Å²) in [6.45, 7) is 0.636. The Kier molecular flexibility index (Phi) is 4.60. The Morgan fingerprint density at radius 3 is 2.30 bits per heavy atom. The van der Waals surface area contributed by atoms with Gasteiger partial charge in [0.25, 0.3) is 0 Å². The zero-order valence-electron chi connectivity index (χ0n) is 11.6. The number of hydrogen-bond donors (Lipinski definition) is 1. The summed E-state index contributed by atoms with van der Waals surface area (Å²) in [7, 11) is 3.11. The molecule has 0 aromatic heterocycles. The first-order chi connectivity index (χ1) is 9.78. The van der Waals surface area contributed by atoms with E-state index in [1.165, 1.54) is 0 Å². The molecule has 0 heterocycles. The molecule has 0 saturated carbocycles. The Balaban J connectivity index is 2.24. The predicted octanol–water partition coefficient (Wildman–Crippen LogP) is 3.13. The van der Waals surface area contributed by atoms with Crippen molar-refractivity contribution in [3.8, 4) is 11.5 Å². The van der Waals surface area contributed by atoms with Crippen LogP contribution in [0, 0.1) is 0 Å². The summed E-state index contributed by atoms with van der Waals surface area (Å²) in [5.41, 5.74) is 2.40. The van der Waals surface area contributed by atoms with Crippen molar-refractivity contribution in [2.45, 2.75) is 6.54 Å². The van der Waals surface area contributed by atoms with Crippen LogP contribution in [0.5, 0.6) is 11.5 Å². The van der Waals surface area contributed by atoms with E-state index in [1.54, 1.807) is 26.4 Å². The molecular weight excluding hydrogens is 254 g/mol. The highest BCUT2D eigenvalue weighted by atomic mass is 16.5. The summed E-state index contributed by atoms with van der Waals surface area (Å²) in [6, 6.07) is 13.4. The van der Waals surface area contributed by atoms with Crippen molar-refractivity contribution in [3.05, 3.63) is 53.6 Å².